The number of guanidine groups is 1. The zero-order chi connectivity index (χ0) is 21.4. The number of aryl methyl sites for hydroxylation is 1. The third-order valence-electron chi connectivity index (χ3n) is 4.16. The van der Waals surface area contributed by atoms with Crippen molar-refractivity contribution < 1.29 is 13.2 Å². The van der Waals surface area contributed by atoms with Crippen LogP contribution in [0, 0.1) is 6.92 Å². The van der Waals surface area contributed by atoms with Gasteiger partial charge in [0.2, 0.25) is 0 Å². The average Bonchev–Trinajstić information content (AvgIpc) is 3.17. The van der Waals surface area contributed by atoms with E-state index < -0.39 is 10.0 Å². The van der Waals surface area contributed by atoms with Crippen LogP contribution in [0.1, 0.15) is 29.3 Å². The van der Waals surface area contributed by atoms with Gasteiger partial charge in [-0.3, -0.25) is 4.99 Å². The standard InChI is InChI=1S/C20H30N4O3S2/c1-6-11-27-18-12-15(2)7-8-16(18)13-22-20(21-3)23-14-17-9-10-19(28-17)29(25,26)24(4)5/h7-10,12H,6,11,13-14H2,1-5H3,(H2,21,22,23). The molecule has 9 heteroatoms. The zero-order valence-corrected chi connectivity index (χ0v) is 19.3. The Bertz CT molecular complexity index is 937. The maximum atomic E-state index is 12.2. The molecule has 0 fully saturated rings. The van der Waals surface area contributed by atoms with Crippen molar-refractivity contribution >= 4 is 27.3 Å². The first kappa shape index (κ1) is 23.2. The van der Waals surface area contributed by atoms with Gasteiger partial charge in [-0.15, -0.1) is 11.3 Å². The monoisotopic (exact) mass is 438 g/mol. The Hall–Kier alpha value is -2.10. The number of hydrogen-bond acceptors (Lipinski definition) is 5. The molecule has 0 spiro atoms. The van der Waals surface area contributed by atoms with Gasteiger partial charge in [0.05, 0.1) is 13.2 Å². The van der Waals surface area contributed by atoms with Crippen molar-refractivity contribution in [1.82, 2.24) is 14.9 Å². The smallest absolute Gasteiger partial charge is 0.252 e. The Balaban J connectivity index is 1.97. The lowest BCUT2D eigenvalue weighted by Gasteiger charge is -2.15. The summed E-state index contributed by atoms with van der Waals surface area (Å²) < 4.78 is 31.8. The number of sulfonamides is 1. The van der Waals surface area contributed by atoms with Crippen molar-refractivity contribution in [2.75, 3.05) is 27.7 Å². The summed E-state index contributed by atoms with van der Waals surface area (Å²) in [4.78, 5) is 5.16. The molecule has 0 atom stereocenters. The first-order chi connectivity index (χ1) is 13.8. The molecule has 1 aromatic carbocycles. The highest BCUT2D eigenvalue weighted by molar-refractivity contribution is 7.91. The summed E-state index contributed by atoms with van der Waals surface area (Å²) >= 11 is 1.25. The lowest BCUT2D eigenvalue weighted by molar-refractivity contribution is 0.313. The van der Waals surface area contributed by atoms with Crippen LogP contribution >= 0.6 is 11.3 Å². The molecular formula is C20H30N4O3S2. The van der Waals surface area contributed by atoms with E-state index in [2.05, 4.69) is 34.7 Å². The van der Waals surface area contributed by atoms with Gasteiger partial charge < -0.3 is 15.4 Å². The molecule has 1 aromatic heterocycles. The first-order valence-electron chi connectivity index (χ1n) is 9.46. The summed E-state index contributed by atoms with van der Waals surface area (Å²) in [5.41, 5.74) is 2.21. The average molecular weight is 439 g/mol. The molecule has 0 saturated heterocycles. The van der Waals surface area contributed by atoms with Gasteiger partial charge in [0, 0.05) is 38.1 Å². The van der Waals surface area contributed by atoms with Crippen LogP contribution in [0.25, 0.3) is 0 Å². The van der Waals surface area contributed by atoms with Crippen LogP contribution in [-0.2, 0) is 23.1 Å². The van der Waals surface area contributed by atoms with E-state index in [1.54, 1.807) is 13.1 Å². The zero-order valence-electron chi connectivity index (χ0n) is 17.7. The summed E-state index contributed by atoms with van der Waals surface area (Å²) in [6, 6.07) is 9.61. The van der Waals surface area contributed by atoms with Gasteiger partial charge >= 0.3 is 0 Å². The van der Waals surface area contributed by atoms with E-state index in [0.717, 1.165) is 28.2 Å². The summed E-state index contributed by atoms with van der Waals surface area (Å²) in [5.74, 6) is 1.52. The maximum absolute atomic E-state index is 12.2. The largest absolute Gasteiger partial charge is 0.493 e. The molecule has 2 rings (SSSR count). The number of rotatable bonds is 9. The van der Waals surface area contributed by atoms with E-state index >= 15 is 0 Å². The Morgan fingerprint density at radius 1 is 1.17 bits per heavy atom. The van der Waals surface area contributed by atoms with Crippen molar-refractivity contribution in [3.8, 4) is 5.75 Å². The van der Waals surface area contributed by atoms with Crippen LogP contribution < -0.4 is 15.4 Å². The minimum Gasteiger partial charge on any atom is -0.493 e. The fourth-order valence-corrected chi connectivity index (χ4v) is 4.96. The normalized spacial score (nSPS) is 12.3. The summed E-state index contributed by atoms with van der Waals surface area (Å²) in [5, 5.41) is 6.51. The molecular weight excluding hydrogens is 408 g/mol. The molecule has 0 bridgehead atoms. The summed E-state index contributed by atoms with van der Waals surface area (Å²) in [6.07, 6.45) is 0.955. The van der Waals surface area contributed by atoms with Gasteiger partial charge in [0.25, 0.3) is 10.0 Å². The number of nitrogens with zero attached hydrogens (tertiary/aromatic N) is 2. The van der Waals surface area contributed by atoms with E-state index in [1.807, 2.05) is 19.1 Å². The van der Waals surface area contributed by atoms with Crippen molar-refractivity contribution in [1.29, 1.82) is 0 Å². The fraction of sp³-hybridized carbons (Fsp3) is 0.450. The fourth-order valence-electron chi connectivity index (χ4n) is 2.50. The molecule has 160 valence electrons. The van der Waals surface area contributed by atoms with Crippen LogP contribution in [0.2, 0.25) is 0 Å². The number of aliphatic imine (C=N–C) groups is 1. The van der Waals surface area contributed by atoms with Gasteiger partial charge in [-0.25, -0.2) is 12.7 Å². The van der Waals surface area contributed by atoms with Gasteiger partial charge in [-0.05, 0) is 37.1 Å². The van der Waals surface area contributed by atoms with E-state index in [4.69, 9.17) is 4.74 Å². The number of nitrogens with one attached hydrogen (secondary N) is 2. The van der Waals surface area contributed by atoms with Crippen LogP contribution in [0.5, 0.6) is 5.75 Å². The molecule has 7 nitrogen and oxygen atoms in total. The highest BCUT2D eigenvalue weighted by atomic mass is 32.2. The highest BCUT2D eigenvalue weighted by Crippen LogP contribution is 2.23. The number of benzene rings is 1. The van der Waals surface area contributed by atoms with Crippen LogP contribution in [-0.4, -0.2) is 46.4 Å². The Morgan fingerprint density at radius 2 is 1.90 bits per heavy atom. The van der Waals surface area contributed by atoms with E-state index in [-0.39, 0.29) is 0 Å². The minimum absolute atomic E-state index is 0.333. The minimum atomic E-state index is -3.40. The molecule has 0 aliphatic rings. The number of ether oxygens (including phenoxy) is 1. The molecule has 0 radical (unpaired) electrons. The second-order valence-electron chi connectivity index (χ2n) is 6.75. The van der Waals surface area contributed by atoms with E-state index in [9.17, 15) is 8.42 Å². The molecule has 0 saturated carbocycles. The molecule has 2 N–H and O–H groups in total. The van der Waals surface area contributed by atoms with Gasteiger partial charge in [0.15, 0.2) is 5.96 Å². The van der Waals surface area contributed by atoms with Crippen molar-refractivity contribution in [3.05, 3.63) is 46.3 Å². The molecule has 0 unspecified atom stereocenters. The van der Waals surface area contributed by atoms with Crippen LogP contribution in [0.15, 0.2) is 39.5 Å². The summed E-state index contributed by atoms with van der Waals surface area (Å²) in [7, 11) is 1.37. The van der Waals surface area contributed by atoms with Crippen molar-refractivity contribution in [3.63, 3.8) is 0 Å². The highest BCUT2D eigenvalue weighted by Gasteiger charge is 2.19. The predicted octanol–water partition coefficient (Wildman–Crippen LogP) is 2.96. The summed E-state index contributed by atoms with van der Waals surface area (Å²) in [6.45, 7) is 5.87. The van der Waals surface area contributed by atoms with Crippen molar-refractivity contribution in [2.45, 2.75) is 37.6 Å². The number of hydrogen-bond donors (Lipinski definition) is 2. The Morgan fingerprint density at radius 3 is 2.55 bits per heavy atom. The van der Waals surface area contributed by atoms with E-state index in [0.29, 0.717) is 29.9 Å². The molecule has 0 amide bonds. The first-order valence-corrected chi connectivity index (χ1v) is 11.7. The molecule has 29 heavy (non-hydrogen) atoms. The quantitative estimate of drug-likeness (QED) is 0.465. The van der Waals surface area contributed by atoms with Gasteiger partial charge in [-0.2, -0.15) is 0 Å². The molecule has 2 aromatic rings. The Kier molecular flexibility index (Phi) is 8.48. The third-order valence-corrected chi connectivity index (χ3v) is 7.52. The SMILES string of the molecule is CCCOc1cc(C)ccc1CNC(=NC)NCc1ccc(S(=O)(=O)N(C)C)s1. The topological polar surface area (TPSA) is 83.0 Å². The molecule has 0 aliphatic heterocycles. The predicted molar refractivity (Wildman–Crippen MR) is 119 cm³/mol. The van der Waals surface area contributed by atoms with E-state index in [1.165, 1.54) is 29.7 Å². The van der Waals surface area contributed by atoms with Crippen LogP contribution in [0.3, 0.4) is 0 Å². The maximum Gasteiger partial charge on any atom is 0.252 e. The Labute approximate surface area is 177 Å². The second kappa shape index (κ2) is 10.6. The lowest BCUT2D eigenvalue weighted by atomic mass is 10.1. The molecule has 0 aliphatic carbocycles. The van der Waals surface area contributed by atoms with Gasteiger partial charge in [0.1, 0.15) is 9.96 Å². The van der Waals surface area contributed by atoms with Crippen molar-refractivity contribution in [2.24, 2.45) is 4.99 Å². The second-order valence-corrected chi connectivity index (χ2v) is 10.3. The lowest BCUT2D eigenvalue weighted by Crippen LogP contribution is -2.36. The van der Waals surface area contributed by atoms with Gasteiger partial charge in [-0.1, -0.05) is 19.1 Å². The van der Waals surface area contributed by atoms with Crippen LogP contribution in [0.4, 0.5) is 0 Å². The number of thiophene rings is 1. The molecule has 1 heterocycles. The third kappa shape index (κ3) is 6.45.